The monoisotopic (exact) mass is 348 g/mol. The standard InChI is InChI=1S/C20H20N4O2/c1-26-20-16(9-5-12-21-20)19(25)23-18-11-13-22-24(18)17-10-4-7-14-6-2-3-8-15(14)17/h2-3,5-6,8-9,11-13,17H,4,7,10H2,1H3,(H,23,25). The molecule has 26 heavy (non-hydrogen) atoms. The lowest BCUT2D eigenvalue weighted by Crippen LogP contribution is -2.22. The van der Waals surface area contributed by atoms with Crippen molar-refractivity contribution in [3.63, 3.8) is 0 Å². The van der Waals surface area contributed by atoms with E-state index < -0.39 is 0 Å². The number of anilines is 1. The number of nitrogens with zero attached hydrogens (tertiary/aromatic N) is 3. The first kappa shape index (κ1) is 16.3. The van der Waals surface area contributed by atoms with Crippen molar-refractivity contribution in [3.05, 3.63) is 71.5 Å². The fourth-order valence-electron chi connectivity index (χ4n) is 3.55. The van der Waals surface area contributed by atoms with Crippen LogP contribution in [-0.4, -0.2) is 27.8 Å². The predicted octanol–water partition coefficient (Wildman–Crippen LogP) is 3.46. The molecule has 0 spiro atoms. The number of hydrogen-bond donors (Lipinski definition) is 1. The van der Waals surface area contributed by atoms with E-state index in [0.29, 0.717) is 17.3 Å². The van der Waals surface area contributed by atoms with Gasteiger partial charge in [0, 0.05) is 12.3 Å². The van der Waals surface area contributed by atoms with Crippen molar-refractivity contribution in [2.24, 2.45) is 0 Å². The number of aryl methyl sites for hydroxylation is 1. The summed E-state index contributed by atoms with van der Waals surface area (Å²) in [5.41, 5.74) is 3.02. The van der Waals surface area contributed by atoms with Crippen molar-refractivity contribution in [1.82, 2.24) is 14.8 Å². The highest BCUT2D eigenvalue weighted by Gasteiger charge is 2.24. The molecule has 6 nitrogen and oxygen atoms in total. The van der Waals surface area contributed by atoms with Crippen LogP contribution >= 0.6 is 0 Å². The summed E-state index contributed by atoms with van der Waals surface area (Å²) in [6.07, 6.45) is 6.50. The smallest absolute Gasteiger partial charge is 0.262 e. The second-order valence-corrected chi connectivity index (χ2v) is 6.28. The number of fused-ring (bicyclic) bond motifs is 1. The van der Waals surface area contributed by atoms with Crippen LogP contribution in [0.2, 0.25) is 0 Å². The van der Waals surface area contributed by atoms with Crippen LogP contribution in [0.5, 0.6) is 5.88 Å². The number of benzene rings is 1. The zero-order chi connectivity index (χ0) is 17.9. The zero-order valence-corrected chi connectivity index (χ0v) is 14.6. The molecule has 2 heterocycles. The normalized spacial score (nSPS) is 16.0. The fraction of sp³-hybridized carbons (Fsp3) is 0.250. The number of hydrogen-bond acceptors (Lipinski definition) is 4. The molecular formula is C20H20N4O2. The number of carbonyl (C=O) groups excluding carboxylic acids is 1. The summed E-state index contributed by atoms with van der Waals surface area (Å²) >= 11 is 0. The molecule has 1 aliphatic carbocycles. The summed E-state index contributed by atoms with van der Waals surface area (Å²) in [4.78, 5) is 16.8. The fourth-order valence-corrected chi connectivity index (χ4v) is 3.55. The first-order valence-electron chi connectivity index (χ1n) is 8.69. The van der Waals surface area contributed by atoms with Gasteiger partial charge in [-0.2, -0.15) is 5.10 Å². The lowest BCUT2D eigenvalue weighted by molar-refractivity contribution is 0.102. The highest BCUT2D eigenvalue weighted by atomic mass is 16.5. The van der Waals surface area contributed by atoms with E-state index in [0.717, 1.165) is 19.3 Å². The van der Waals surface area contributed by atoms with E-state index in [1.165, 1.54) is 18.2 Å². The second kappa shape index (κ2) is 7.00. The number of amides is 1. The molecule has 4 rings (SSSR count). The summed E-state index contributed by atoms with van der Waals surface area (Å²) in [6, 6.07) is 13.8. The molecule has 1 unspecified atom stereocenters. The van der Waals surface area contributed by atoms with Gasteiger partial charge in [0.05, 0.1) is 19.3 Å². The molecule has 0 aliphatic heterocycles. The van der Waals surface area contributed by atoms with Gasteiger partial charge in [-0.1, -0.05) is 24.3 Å². The average molecular weight is 348 g/mol. The first-order chi connectivity index (χ1) is 12.8. The minimum absolute atomic E-state index is 0.126. The number of ether oxygens (including phenoxy) is 1. The highest BCUT2D eigenvalue weighted by Crippen LogP contribution is 2.34. The van der Waals surface area contributed by atoms with Crippen LogP contribution in [0.25, 0.3) is 0 Å². The van der Waals surface area contributed by atoms with Crippen LogP contribution < -0.4 is 10.1 Å². The molecule has 1 N–H and O–H groups in total. The predicted molar refractivity (Wildman–Crippen MR) is 98.5 cm³/mol. The summed E-state index contributed by atoms with van der Waals surface area (Å²) in [7, 11) is 1.50. The van der Waals surface area contributed by atoms with Crippen LogP contribution in [-0.2, 0) is 6.42 Å². The Kier molecular flexibility index (Phi) is 4.39. The molecule has 0 radical (unpaired) electrons. The van der Waals surface area contributed by atoms with Crippen LogP contribution in [0.4, 0.5) is 5.82 Å². The molecule has 1 aromatic carbocycles. The Morgan fingerprint density at radius 3 is 2.96 bits per heavy atom. The lowest BCUT2D eigenvalue weighted by Gasteiger charge is -2.27. The minimum atomic E-state index is -0.263. The third-order valence-electron chi connectivity index (χ3n) is 4.75. The Balaban J connectivity index is 1.63. The number of methoxy groups -OCH3 is 1. The summed E-state index contributed by atoms with van der Waals surface area (Å²) in [5, 5.41) is 7.43. The average Bonchev–Trinajstić information content (AvgIpc) is 3.15. The Morgan fingerprint density at radius 2 is 2.08 bits per heavy atom. The van der Waals surface area contributed by atoms with Crippen molar-refractivity contribution < 1.29 is 9.53 Å². The van der Waals surface area contributed by atoms with Gasteiger partial charge in [-0.05, 0) is 42.5 Å². The SMILES string of the molecule is COc1ncccc1C(=O)Nc1ccnn1C1CCCc2ccccc21. The largest absolute Gasteiger partial charge is 0.480 e. The third-order valence-corrected chi connectivity index (χ3v) is 4.75. The molecule has 1 amide bonds. The molecule has 6 heteroatoms. The van der Waals surface area contributed by atoms with Crippen LogP contribution in [0.1, 0.15) is 40.4 Å². The number of nitrogens with one attached hydrogen (secondary N) is 1. The van der Waals surface area contributed by atoms with Crippen molar-refractivity contribution in [3.8, 4) is 5.88 Å². The van der Waals surface area contributed by atoms with E-state index in [1.807, 2.05) is 10.7 Å². The van der Waals surface area contributed by atoms with Gasteiger partial charge < -0.3 is 10.1 Å². The van der Waals surface area contributed by atoms with E-state index in [4.69, 9.17) is 4.74 Å². The van der Waals surface area contributed by atoms with Gasteiger partial charge in [0.2, 0.25) is 5.88 Å². The maximum Gasteiger partial charge on any atom is 0.262 e. The zero-order valence-electron chi connectivity index (χ0n) is 14.6. The molecule has 0 saturated carbocycles. The molecule has 0 saturated heterocycles. The Hall–Kier alpha value is -3.15. The summed E-state index contributed by atoms with van der Waals surface area (Å²) < 4.78 is 7.09. The minimum Gasteiger partial charge on any atom is -0.480 e. The maximum absolute atomic E-state index is 12.7. The van der Waals surface area contributed by atoms with E-state index in [2.05, 4.69) is 39.7 Å². The van der Waals surface area contributed by atoms with Crippen molar-refractivity contribution >= 4 is 11.7 Å². The molecule has 1 atom stereocenters. The van der Waals surface area contributed by atoms with E-state index in [-0.39, 0.29) is 11.9 Å². The van der Waals surface area contributed by atoms with Crippen molar-refractivity contribution in [2.75, 3.05) is 12.4 Å². The molecule has 3 aromatic rings. The Labute approximate surface area is 151 Å². The van der Waals surface area contributed by atoms with Crippen LogP contribution in [0, 0.1) is 0 Å². The van der Waals surface area contributed by atoms with E-state index in [9.17, 15) is 4.79 Å². The van der Waals surface area contributed by atoms with Crippen molar-refractivity contribution in [1.29, 1.82) is 0 Å². The molecule has 0 fully saturated rings. The number of pyridine rings is 1. The molecule has 1 aliphatic rings. The topological polar surface area (TPSA) is 69.0 Å². The molecule has 0 bridgehead atoms. The van der Waals surface area contributed by atoms with Gasteiger partial charge in [-0.15, -0.1) is 0 Å². The summed E-state index contributed by atoms with van der Waals surface area (Å²) in [5.74, 6) is 0.711. The Morgan fingerprint density at radius 1 is 1.19 bits per heavy atom. The van der Waals surface area contributed by atoms with Gasteiger partial charge in [-0.25, -0.2) is 9.67 Å². The van der Waals surface area contributed by atoms with Gasteiger partial charge in [-0.3, -0.25) is 4.79 Å². The Bertz CT molecular complexity index is 935. The first-order valence-corrected chi connectivity index (χ1v) is 8.69. The van der Waals surface area contributed by atoms with E-state index >= 15 is 0 Å². The van der Waals surface area contributed by atoms with Gasteiger partial charge in [0.25, 0.3) is 5.91 Å². The number of carbonyl (C=O) groups is 1. The van der Waals surface area contributed by atoms with Gasteiger partial charge in [0.15, 0.2) is 0 Å². The van der Waals surface area contributed by atoms with Gasteiger partial charge in [0.1, 0.15) is 11.4 Å². The quantitative estimate of drug-likeness (QED) is 0.784. The number of aromatic nitrogens is 3. The highest BCUT2D eigenvalue weighted by molar-refractivity contribution is 6.05. The lowest BCUT2D eigenvalue weighted by atomic mass is 9.88. The van der Waals surface area contributed by atoms with Crippen LogP contribution in [0.15, 0.2) is 54.9 Å². The molecular weight excluding hydrogens is 328 g/mol. The molecule has 132 valence electrons. The number of rotatable bonds is 4. The second-order valence-electron chi connectivity index (χ2n) is 6.28. The maximum atomic E-state index is 12.7. The van der Waals surface area contributed by atoms with Crippen LogP contribution in [0.3, 0.4) is 0 Å². The van der Waals surface area contributed by atoms with Gasteiger partial charge >= 0.3 is 0 Å². The van der Waals surface area contributed by atoms with E-state index in [1.54, 1.807) is 24.5 Å². The third kappa shape index (κ3) is 2.94. The summed E-state index contributed by atoms with van der Waals surface area (Å²) in [6.45, 7) is 0. The van der Waals surface area contributed by atoms with Crippen molar-refractivity contribution in [2.45, 2.75) is 25.3 Å². The molecule has 2 aromatic heterocycles.